The predicted octanol–water partition coefficient (Wildman–Crippen LogP) is 4.69. The first kappa shape index (κ1) is 14.8. The van der Waals surface area contributed by atoms with Gasteiger partial charge in [0.2, 0.25) is 5.78 Å². The minimum absolute atomic E-state index is 0.150. The summed E-state index contributed by atoms with van der Waals surface area (Å²) >= 11 is 1.19. The second-order valence-corrected chi connectivity index (χ2v) is 6.57. The first-order valence-electron chi connectivity index (χ1n) is 5.99. The van der Waals surface area contributed by atoms with Gasteiger partial charge in [0, 0.05) is 17.0 Å². The molecule has 0 bridgehead atoms. The molecular weight excluding hydrogens is 285 g/mol. The average molecular weight is 298 g/mol. The fraction of sp³-hybridized carbons (Fsp3) is 0.267. The summed E-state index contributed by atoms with van der Waals surface area (Å²) in [6, 6.07) is 4.32. The monoisotopic (exact) mass is 298 g/mol. The Morgan fingerprint density at radius 1 is 1.05 bits per heavy atom. The molecule has 1 nitrogen and oxygen atoms in total. The van der Waals surface area contributed by atoms with Crippen molar-refractivity contribution in [2.75, 3.05) is 0 Å². The maximum absolute atomic E-state index is 13.6. The lowest BCUT2D eigenvalue weighted by Crippen LogP contribution is -2.08. The van der Waals surface area contributed by atoms with Gasteiger partial charge in [0.25, 0.3) is 0 Å². The van der Waals surface area contributed by atoms with E-state index in [4.69, 9.17) is 0 Å². The van der Waals surface area contributed by atoms with Crippen LogP contribution in [0.1, 0.15) is 40.9 Å². The van der Waals surface area contributed by atoms with Crippen LogP contribution in [0.25, 0.3) is 0 Å². The number of benzene rings is 1. The fourth-order valence-corrected chi connectivity index (χ4v) is 2.76. The molecule has 1 aromatic carbocycles. The highest BCUT2D eigenvalue weighted by Gasteiger charge is 2.24. The largest absolute Gasteiger partial charge is 0.287 e. The molecule has 0 spiro atoms. The maximum Gasteiger partial charge on any atom is 0.208 e. The molecule has 0 aliphatic carbocycles. The number of thiophene rings is 1. The molecule has 0 atom stereocenters. The van der Waals surface area contributed by atoms with Crippen LogP contribution in [0.15, 0.2) is 24.3 Å². The van der Waals surface area contributed by atoms with Crippen LogP contribution in [-0.2, 0) is 5.41 Å². The van der Waals surface area contributed by atoms with Crippen molar-refractivity contribution in [3.05, 3.63) is 57.0 Å². The third kappa shape index (κ3) is 2.77. The number of hydrogen-bond acceptors (Lipinski definition) is 2. The molecule has 0 saturated heterocycles. The van der Waals surface area contributed by atoms with Gasteiger partial charge in [-0.3, -0.25) is 4.79 Å². The van der Waals surface area contributed by atoms with Crippen molar-refractivity contribution in [1.29, 1.82) is 0 Å². The molecule has 2 aromatic rings. The molecule has 0 radical (unpaired) electrons. The molecule has 106 valence electrons. The smallest absolute Gasteiger partial charge is 0.208 e. The second-order valence-electron chi connectivity index (χ2n) is 5.49. The van der Waals surface area contributed by atoms with Crippen molar-refractivity contribution in [2.45, 2.75) is 26.2 Å². The Morgan fingerprint density at radius 2 is 1.60 bits per heavy atom. The normalized spacial score (nSPS) is 11.7. The summed E-state index contributed by atoms with van der Waals surface area (Å²) in [5, 5.41) is 0. The summed E-state index contributed by atoms with van der Waals surface area (Å²) in [4.78, 5) is 13.3. The van der Waals surface area contributed by atoms with Crippen LogP contribution in [-0.4, -0.2) is 5.78 Å². The van der Waals surface area contributed by atoms with Crippen molar-refractivity contribution >= 4 is 17.1 Å². The van der Waals surface area contributed by atoms with Gasteiger partial charge in [-0.1, -0.05) is 20.8 Å². The van der Waals surface area contributed by atoms with Crippen LogP contribution < -0.4 is 0 Å². The van der Waals surface area contributed by atoms with Crippen LogP contribution in [0, 0.1) is 17.5 Å². The molecule has 5 heteroatoms. The minimum atomic E-state index is -1.18. The molecule has 0 amide bonds. The number of carbonyl (C=O) groups is 1. The molecular formula is C15H13F3OS. The topological polar surface area (TPSA) is 17.1 Å². The van der Waals surface area contributed by atoms with Gasteiger partial charge in [0.1, 0.15) is 17.5 Å². The number of halogens is 3. The van der Waals surface area contributed by atoms with Gasteiger partial charge in [-0.25, -0.2) is 13.2 Å². The molecule has 20 heavy (non-hydrogen) atoms. The Bertz CT molecular complexity index is 645. The van der Waals surface area contributed by atoms with Gasteiger partial charge in [-0.2, -0.15) is 0 Å². The van der Waals surface area contributed by atoms with Gasteiger partial charge in [-0.05, 0) is 17.5 Å². The number of ketones is 1. The van der Waals surface area contributed by atoms with Gasteiger partial charge in [0.05, 0.1) is 10.4 Å². The van der Waals surface area contributed by atoms with Crippen molar-refractivity contribution in [2.24, 2.45) is 0 Å². The SMILES string of the molecule is CC(C)(C)c1ccc(C(=O)c2c(F)cc(F)cc2F)s1. The van der Waals surface area contributed by atoms with E-state index in [1.807, 2.05) is 20.8 Å². The zero-order chi connectivity index (χ0) is 15.1. The van der Waals surface area contributed by atoms with Crippen molar-refractivity contribution in [3.8, 4) is 0 Å². The summed E-state index contributed by atoms with van der Waals surface area (Å²) in [7, 11) is 0. The Morgan fingerprint density at radius 3 is 2.05 bits per heavy atom. The van der Waals surface area contributed by atoms with E-state index in [2.05, 4.69) is 0 Å². The van der Waals surface area contributed by atoms with Crippen LogP contribution >= 0.6 is 11.3 Å². The van der Waals surface area contributed by atoms with Crippen LogP contribution in [0.2, 0.25) is 0 Å². The Balaban J connectivity index is 2.45. The first-order chi connectivity index (χ1) is 9.20. The first-order valence-corrected chi connectivity index (χ1v) is 6.81. The minimum Gasteiger partial charge on any atom is -0.287 e. The van der Waals surface area contributed by atoms with Crippen LogP contribution in [0.4, 0.5) is 13.2 Å². The summed E-state index contributed by atoms with van der Waals surface area (Å²) in [5.74, 6) is -4.17. The maximum atomic E-state index is 13.6. The zero-order valence-corrected chi connectivity index (χ0v) is 12.1. The van der Waals surface area contributed by atoms with E-state index in [1.165, 1.54) is 17.4 Å². The fourth-order valence-electron chi connectivity index (χ4n) is 1.75. The van der Waals surface area contributed by atoms with Crippen molar-refractivity contribution in [3.63, 3.8) is 0 Å². The molecule has 0 aliphatic rings. The van der Waals surface area contributed by atoms with Gasteiger partial charge in [0.15, 0.2) is 0 Å². The van der Waals surface area contributed by atoms with Crippen molar-refractivity contribution in [1.82, 2.24) is 0 Å². The van der Waals surface area contributed by atoms with Gasteiger partial charge in [-0.15, -0.1) is 11.3 Å². The van der Waals surface area contributed by atoms with E-state index in [0.29, 0.717) is 12.1 Å². The van der Waals surface area contributed by atoms with Crippen LogP contribution in [0.5, 0.6) is 0 Å². The third-order valence-corrected chi connectivity index (χ3v) is 4.31. The van der Waals surface area contributed by atoms with E-state index in [-0.39, 0.29) is 10.3 Å². The van der Waals surface area contributed by atoms with E-state index in [1.54, 1.807) is 6.07 Å². The van der Waals surface area contributed by atoms with Crippen molar-refractivity contribution < 1.29 is 18.0 Å². The Hall–Kier alpha value is -1.62. The zero-order valence-electron chi connectivity index (χ0n) is 11.3. The summed E-state index contributed by atoms with van der Waals surface area (Å²) < 4.78 is 40.0. The van der Waals surface area contributed by atoms with Crippen LogP contribution in [0.3, 0.4) is 0 Å². The standard InChI is InChI=1S/C15H13F3OS/c1-15(2,3)12-5-4-11(20-12)14(19)13-9(17)6-8(16)7-10(13)18/h4-7H,1-3H3. The predicted molar refractivity (Wildman–Crippen MR) is 72.8 cm³/mol. The lowest BCUT2D eigenvalue weighted by Gasteiger charge is -2.15. The number of rotatable bonds is 2. The lowest BCUT2D eigenvalue weighted by molar-refractivity contribution is 0.103. The molecule has 0 unspecified atom stereocenters. The lowest BCUT2D eigenvalue weighted by atomic mass is 9.95. The second kappa shape index (κ2) is 5.05. The van der Waals surface area contributed by atoms with E-state index in [0.717, 1.165) is 4.88 Å². The van der Waals surface area contributed by atoms with E-state index < -0.39 is 28.8 Å². The van der Waals surface area contributed by atoms with Gasteiger partial charge < -0.3 is 0 Å². The highest BCUT2D eigenvalue weighted by atomic mass is 32.1. The summed E-state index contributed by atoms with van der Waals surface area (Å²) in [5.41, 5.74) is -0.864. The highest BCUT2D eigenvalue weighted by molar-refractivity contribution is 7.14. The Labute approximate surface area is 119 Å². The van der Waals surface area contributed by atoms with E-state index in [9.17, 15) is 18.0 Å². The number of hydrogen-bond donors (Lipinski definition) is 0. The molecule has 0 fully saturated rings. The Kier molecular flexibility index (Phi) is 3.73. The molecule has 1 heterocycles. The summed E-state index contributed by atoms with van der Waals surface area (Å²) in [6.07, 6.45) is 0. The summed E-state index contributed by atoms with van der Waals surface area (Å²) in [6.45, 7) is 5.93. The number of carbonyl (C=O) groups excluding carboxylic acids is 1. The van der Waals surface area contributed by atoms with Gasteiger partial charge >= 0.3 is 0 Å². The van der Waals surface area contributed by atoms with E-state index >= 15 is 0 Å². The molecule has 1 aromatic heterocycles. The highest BCUT2D eigenvalue weighted by Crippen LogP contribution is 2.31. The molecule has 0 aliphatic heterocycles. The molecule has 0 N–H and O–H groups in total. The molecule has 2 rings (SSSR count). The quantitative estimate of drug-likeness (QED) is 0.735. The third-order valence-electron chi connectivity index (χ3n) is 2.80. The average Bonchev–Trinajstić information content (AvgIpc) is 2.75. The molecule has 0 saturated carbocycles.